The highest BCUT2D eigenvalue weighted by Crippen LogP contribution is 2.34. The van der Waals surface area contributed by atoms with Crippen LogP contribution in [-0.4, -0.2) is 13.1 Å². The number of nitrogens with one attached hydrogen (secondary N) is 2. The molecule has 2 aromatic rings. The zero-order valence-corrected chi connectivity index (χ0v) is 16.6. The van der Waals surface area contributed by atoms with Crippen LogP contribution >= 0.6 is 46.4 Å². The van der Waals surface area contributed by atoms with Crippen molar-refractivity contribution in [3.05, 3.63) is 67.6 Å². The van der Waals surface area contributed by atoms with Crippen molar-refractivity contribution in [2.24, 2.45) is 0 Å². The molecule has 0 saturated heterocycles. The highest BCUT2D eigenvalue weighted by atomic mass is 35.5. The van der Waals surface area contributed by atoms with Gasteiger partial charge in [0.05, 0.1) is 32.2 Å². The van der Waals surface area contributed by atoms with Crippen LogP contribution in [0.25, 0.3) is 0 Å². The van der Waals surface area contributed by atoms with E-state index in [0.29, 0.717) is 20.1 Å². The van der Waals surface area contributed by atoms with Crippen molar-refractivity contribution in [3.63, 3.8) is 0 Å². The van der Waals surface area contributed by atoms with Crippen molar-refractivity contribution in [3.8, 4) is 0 Å². The Labute approximate surface area is 163 Å². The van der Waals surface area contributed by atoms with Gasteiger partial charge in [0.15, 0.2) is 0 Å². The Morgan fingerprint density at radius 2 is 1.04 bits per heavy atom. The minimum absolute atomic E-state index is 0.0157. The van der Waals surface area contributed by atoms with E-state index in [4.69, 9.17) is 46.4 Å². The number of halogens is 4. The molecule has 0 radical (unpaired) electrons. The summed E-state index contributed by atoms with van der Waals surface area (Å²) < 4.78 is 0. The summed E-state index contributed by atoms with van der Waals surface area (Å²) >= 11 is 24.5. The summed E-state index contributed by atoms with van der Waals surface area (Å²) in [5.74, 6) is 0. The molecule has 0 saturated carbocycles. The molecule has 6 heteroatoms. The molecule has 2 aromatic carbocycles. The molecule has 2 unspecified atom stereocenters. The van der Waals surface area contributed by atoms with Crippen LogP contribution in [0, 0.1) is 0 Å². The van der Waals surface area contributed by atoms with Gasteiger partial charge in [0, 0.05) is 0 Å². The summed E-state index contributed by atoms with van der Waals surface area (Å²) in [5.41, 5.74) is 2.12. The van der Waals surface area contributed by atoms with Crippen LogP contribution in [0.2, 0.25) is 20.1 Å². The summed E-state index contributed by atoms with van der Waals surface area (Å²) in [6.07, 6.45) is 0. The van der Waals surface area contributed by atoms with E-state index in [1.165, 1.54) is 0 Å². The van der Waals surface area contributed by atoms with Crippen LogP contribution in [0.4, 0.5) is 0 Å². The fourth-order valence-corrected chi connectivity index (χ4v) is 3.32. The molecule has 0 aliphatic carbocycles. The second-order valence-corrected chi connectivity index (χ2v) is 7.05. The van der Waals surface area contributed by atoms with E-state index < -0.39 is 0 Å². The lowest BCUT2D eigenvalue weighted by molar-refractivity contribution is 0.398. The third-order valence-electron chi connectivity index (χ3n) is 3.79. The van der Waals surface area contributed by atoms with E-state index >= 15 is 0 Å². The Morgan fingerprint density at radius 3 is 1.33 bits per heavy atom. The van der Waals surface area contributed by atoms with Gasteiger partial charge in [0.2, 0.25) is 0 Å². The normalized spacial score (nSPS) is 13.8. The van der Waals surface area contributed by atoms with E-state index in [-0.39, 0.29) is 12.1 Å². The molecule has 0 aromatic heterocycles. The second-order valence-electron chi connectivity index (χ2n) is 5.42. The maximum absolute atomic E-state index is 6.21. The summed E-state index contributed by atoms with van der Waals surface area (Å²) in [5, 5.41) is 9.22. The largest absolute Gasteiger partial charge is 0.309 e. The highest BCUT2D eigenvalue weighted by Gasteiger charge is 2.24. The van der Waals surface area contributed by atoms with Gasteiger partial charge in [-0.25, -0.2) is 0 Å². The average Bonchev–Trinajstić information content (AvgIpc) is 2.56. The lowest BCUT2D eigenvalue weighted by Crippen LogP contribution is -2.35. The molecule has 24 heavy (non-hydrogen) atoms. The van der Waals surface area contributed by atoms with Gasteiger partial charge in [-0.3, -0.25) is 0 Å². The van der Waals surface area contributed by atoms with Crippen molar-refractivity contribution in [2.75, 3.05) is 13.1 Å². The Kier molecular flexibility index (Phi) is 7.67. The molecule has 0 bridgehead atoms. The van der Waals surface area contributed by atoms with E-state index in [1.54, 1.807) is 0 Å². The maximum atomic E-state index is 6.21. The van der Waals surface area contributed by atoms with Gasteiger partial charge in [-0.05, 0) is 48.5 Å². The molecular weight excluding hydrogens is 386 g/mol. The molecule has 0 fully saturated rings. The first-order valence-corrected chi connectivity index (χ1v) is 9.35. The number of rotatable bonds is 7. The number of likely N-dealkylation sites (N-methyl/N-ethyl adjacent to an activating group) is 2. The van der Waals surface area contributed by atoms with Crippen LogP contribution in [0.5, 0.6) is 0 Å². The molecule has 0 aliphatic heterocycles. The van der Waals surface area contributed by atoms with Crippen molar-refractivity contribution in [1.29, 1.82) is 0 Å². The summed E-state index contributed by atoms with van der Waals surface area (Å²) in [4.78, 5) is 0. The van der Waals surface area contributed by atoms with Crippen LogP contribution in [0.1, 0.15) is 37.1 Å². The van der Waals surface area contributed by atoms with Gasteiger partial charge in [-0.1, -0.05) is 72.4 Å². The molecular formula is C18H20Cl4N2. The lowest BCUT2D eigenvalue weighted by Gasteiger charge is -2.30. The first-order chi connectivity index (χ1) is 11.5. The quantitative estimate of drug-likeness (QED) is 0.564. The Hall–Kier alpha value is -0.480. The molecule has 2 rings (SSSR count). The number of hydrogen-bond acceptors (Lipinski definition) is 2. The third-order valence-corrected chi connectivity index (χ3v) is 5.27. The van der Waals surface area contributed by atoms with Crippen LogP contribution in [0.3, 0.4) is 0 Å². The molecule has 0 heterocycles. The standard InChI is InChI=1S/C18H20Cl4N2/c1-3-23-17(11-5-7-13(19)15(21)9-11)18(24-4-2)12-6-8-14(20)16(22)10-12/h5-10,17-18,23-24H,3-4H2,1-2H3. The predicted molar refractivity (Wildman–Crippen MR) is 106 cm³/mol. The Morgan fingerprint density at radius 1 is 0.667 bits per heavy atom. The zero-order valence-electron chi connectivity index (χ0n) is 13.5. The minimum atomic E-state index is 0.0157. The van der Waals surface area contributed by atoms with Crippen molar-refractivity contribution >= 4 is 46.4 Å². The summed E-state index contributed by atoms with van der Waals surface area (Å²) in [7, 11) is 0. The maximum Gasteiger partial charge on any atom is 0.0595 e. The summed E-state index contributed by atoms with van der Waals surface area (Å²) in [6.45, 7) is 5.77. The van der Waals surface area contributed by atoms with Gasteiger partial charge < -0.3 is 10.6 Å². The van der Waals surface area contributed by atoms with Crippen molar-refractivity contribution in [1.82, 2.24) is 10.6 Å². The molecule has 2 N–H and O–H groups in total. The lowest BCUT2D eigenvalue weighted by atomic mass is 9.93. The topological polar surface area (TPSA) is 24.1 Å². The first-order valence-electron chi connectivity index (χ1n) is 7.84. The predicted octanol–water partition coefficient (Wildman–Crippen LogP) is 6.30. The zero-order chi connectivity index (χ0) is 17.7. The fourth-order valence-electron chi connectivity index (χ4n) is 2.71. The molecule has 2 nitrogen and oxygen atoms in total. The van der Waals surface area contributed by atoms with Crippen LogP contribution < -0.4 is 10.6 Å². The monoisotopic (exact) mass is 404 g/mol. The molecule has 0 amide bonds. The summed E-state index contributed by atoms with van der Waals surface area (Å²) in [6, 6.07) is 11.5. The minimum Gasteiger partial charge on any atom is -0.309 e. The molecule has 2 atom stereocenters. The van der Waals surface area contributed by atoms with Gasteiger partial charge in [0.25, 0.3) is 0 Å². The Bertz CT molecular complexity index is 631. The SMILES string of the molecule is CCNC(c1ccc(Cl)c(Cl)c1)C(NCC)c1ccc(Cl)c(Cl)c1. The van der Waals surface area contributed by atoms with E-state index in [2.05, 4.69) is 24.5 Å². The molecule has 0 spiro atoms. The van der Waals surface area contributed by atoms with E-state index in [1.807, 2.05) is 36.4 Å². The average molecular weight is 406 g/mol. The van der Waals surface area contributed by atoms with Crippen LogP contribution in [-0.2, 0) is 0 Å². The van der Waals surface area contributed by atoms with Gasteiger partial charge >= 0.3 is 0 Å². The van der Waals surface area contributed by atoms with E-state index in [0.717, 1.165) is 24.2 Å². The molecule has 0 aliphatic rings. The van der Waals surface area contributed by atoms with Gasteiger partial charge in [0.1, 0.15) is 0 Å². The van der Waals surface area contributed by atoms with Gasteiger partial charge in [-0.2, -0.15) is 0 Å². The Balaban J connectivity index is 2.45. The van der Waals surface area contributed by atoms with Crippen molar-refractivity contribution < 1.29 is 0 Å². The fraction of sp³-hybridized carbons (Fsp3) is 0.333. The third kappa shape index (κ3) is 4.78. The highest BCUT2D eigenvalue weighted by molar-refractivity contribution is 6.42. The smallest absolute Gasteiger partial charge is 0.0595 e. The number of hydrogen-bond donors (Lipinski definition) is 2. The van der Waals surface area contributed by atoms with Gasteiger partial charge in [-0.15, -0.1) is 0 Å². The van der Waals surface area contributed by atoms with E-state index in [9.17, 15) is 0 Å². The molecule has 130 valence electrons. The van der Waals surface area contributed by atoms with Crippen LogP contribution in [0.15, 0.2) is 36.4 Å². The second kappa shape index (κ2) is 9.28. The van der Waals surface area contributed by atoms with Crippen molar-refractivity contribution in [2.45, 2.75) is 25.9 Å². The first kappa shape index (κ1) is 19.8. The number of benzene rings is 2.